The highest BCUT2D eigenvalue weighted by molar-refractivity contribution is 6.00. The lowest BCUT2D eigenvalue weighted by molar-refractivity contribution is -0.384. The Kier molecular flexibility index (Phi) is 6.10. The number of hydrogen-bond donors (Lipinski definition) is 1. The Hall–Kier alpha value is -3.75. The van der Waals surface area contributed by atoms with Crippen molar-refractivity contribution in [3.8, 4) is 0 Å². The molecule has 3 rings (SSSR count). The van der Waals surface area contributed by atoms with Crippen molar-refractivity contribution in [2.75, 3.05) is 23.4 Å². The van der Waals surface area contributed by atoms with Crippen molar-refractivity contribution in [1.82, 2.24) is 0 Å². The summed E-state index contributed by atoms with van der Waals surface area (Å²) in [6, 6.07) is 11.2. The number of esters is 1. The number of non-ortho nitro benzene ring substituents is 1. The van der Waals surface area contributed by atoms with Crippen LogP contribution in [0.1, 0.15) is 17.5 Å². The number of aryl methyl sites for hydroxylation is 2. The van der Waals surface area contributed by atoms with E-state index in [1.165, 1.54) is 24.3 Å². The summed E-state index contributed by atoms with van der Waals surface area (Å²) >= 11 is 0. The molecule has 9 heteroatoms. The fourth-order valence-corrected chi connectivity index (χ4v) is 3.26. The number of carbonyl (C=O) groups is 3. The fraction of sp³-hybridized carbons (Fsp3) is 0.286. The Morgan fingerprint density at radius 1 is 1.23 bits per heavy atom. The van der Waals surface area contributed by atoms with Crippen molar-refractivity contribution >= 4 is 34.8 Å². The average molecular weight is 411 g/mol. The molecule has 0 unspecified atom stereocenters. The second kappa shape index (κ2) is 8.73. The van der Waals surface area contributed by atoms with Crippen LogP contribution < -0.4 is 10.2 Å². The topological polar surface area (TPSA) is 119 Å². The minimum atomic E-state index is -0.664. The summed E-state index contributed by atoms with van der Waals surface area (Å²) in [4.78, 5) is 48.5. The quantitative estimate of drug-likeness (QED) is 0.443. The van der Waals surface area contributed by atoms with Gasteiger partial charge in [-0.25, -0.2) is 0 Å². The van der Waals surface area contributed by atoms with Crippen LogP contribution in [0.4, 0.5) is 17.1 Å². The van der Waals surface area contributed by atoms with E-state index in [0.717, 1.165) is 16.8 Å². The molecule has 1 aliphatic heterocycles. The van der Waals surface area contributed by atoms with E-state index in [4.69, 9.17) is 4.74 Å². The molecule has 1 fully saturated rings. The number of benzene rings is 2. The summed E-state index contributed by atoms with van der Waals surface area (Å²) < 4.78 is 5.06. The van der Waals surface area contributed by atoms with Crippen LogP contribution >= 0.6 is 0 Å². The second-order valence-corrected chi connectivity index (χ2v) is 7.16. The van der Waals surface area contributed by atoms with Crippen molar-refractivity contribution in [3.05, 3.63) is 63.7 Å². The van der Waals surface area contributed by atoms with Gasteiger partial charge in [-0.2, -0.15) is 0 Å². The smallest absolute Gasteiger partial charge is 0.311 e. The lowest BCUT2D eigenvalue weighted by atomic mass is 10.1. The first kappa shape index (κ1) is 21.0. The van der Waals surface area contributed by atoms with Gasteiger partial charge in [-0.3, -0.25) is 24.5 Å². The van der Waals surface area contributed by atoms with E-state index in [9.17, 15) is 24.5 Å². The number of nitrogens with one attached hydrogen (secondary N) is 1. The second-order valence-electron chi connectivity index (χ2n) is 7.16. The van der Waals surface area contributed by atoms with Gasteiger partial charge in [0.05, 0.1) is 10.8 Å². The summed E-state index contributed by atoms with van der Waals surface area (Å²) in [6.45, 7) is 3.46. The lowest BCUT2D eigenvalue weighted by Crippen LogP contribution is -2.28. The van der Waals surface area contributed by atoms with E-state index in [2.05, 4.69) is 5.32 Å². The molecule has 1 atom stereocenters. The number of carbonyl (C=O) groups excluding carboxylic acids is 3. The van der Waals surface area contributed by atoms with Crippen molar-refractivity contribution in [3.63, 3.8) is 0 Å². The summed E-state index contributed by atoms with van der Waals surface area (Å²) in [5.74, 6) is -2.10. The molecule has 1 aliphatic rings. The van der Waals surface area contributed by atoms with Crippen molar-refractivity contribution in [2.45, 2.75) is 20.3 Å². The molecule has 0 radical (unpaired) electrons. The van der Waals surface area contributed by atoms with E-state index in [1.54, 1.807) is 4.90 Å². The van der Waals surface area contributed by atoms with Gasteiger partial charge < -0.3 is 15.0 Å². The Labute approximate surface area is 172 Å². The summed E-state index contributed by atoms with van der Waals surface area (Å²) in [5, 5.41) is 13.2. The van der Waals surface area contributed by atoms with Crippen LogP contribution in [0, 0.1) is 29.9 Å². The Balaban J connectivity index is 1.56. The van der Waals surface area contributed by atoms with E-state index in [1.807, 2.05) is 32.0 Å². The maximum atomic E-state index is 12.4. The molecule has 1 saturated heterocycles. The first-order chi connectivity index (χ1) is 14.2. The molecule has 2 amide bonds. The number of nitro groups is 1. The maximum absolute atomic E-state index is 12.4. The molecule has 1 N–H and O–H groups in total. The Bertz CT molecular complexity index is 1020. The number of nitro benzene ring substituents is 1. The maximum Gasteiger partial charge on any atom is 0.311 e. The molecule has 0 aromatic heterocycles. The SMILES string of the molecule is Cc1ccc(C)c(N2C[C@@H](C(=O)OCC(=O)Nc3cccc([N+](=O)[O-])c3)CC2=O)c1. The Morgan fingerprint density at radius 2 is 2.00 bits per heavy atom. The highest BCUT2D eigenvalue weighted by Crippen LogP contribution is 2.29. The van der Waals surface area contributed by atoms with Crippen molar-refractivity contribution in [2.24, 2.45) is 5.92 Å². The van der Waals surface area contributed by atoms with Gasteiger partial charge in [0, 0.05) is 36.5 Å². The number of hydrogen-bond acceptors (Lipinski definition) is 6. The van der Waals surface area contributed by atoms with E-state index >= 15 is 0 Å². The third kappa shape index (κ3) is 4.80. The molecule has 1 heterocycles. The summed E-state index contributed by atoms with van der Waals surface area (Å²) in [6.07, 6.45) is 0.0126. The van der Waals surface area contributed by atoms with Gasteiger partial charge in [-0.05, 0) is 37.1 Å². The molecular weight excluding hydrogens is 390 g/mol. The molecule has 0 spiro atoms. The molecule has 30 heavy (non-hydrogen) atoms. The van der Waals surface area contributed by atoms with Gasteiger partial charge in [0.15, 0.2) is 6.61 Å². The fourth-order valence-electron chi connectivity index (χ4n) is 3.26. The molecule has 2 aromatic carbocycles. The first-order valence-corrected chi connectivity index (χ1v) is 9.33. The third-order valence-corrected chi connectivity index (χ3v) is 4.80. The largest absolute Gasteiger partial charge is 0.455 e. The van der Waals surface area contributed by atoms with Gasteiger partial charge in [-0.1, -0.05) is 18.2 Å². The van der Waals surface area contributed by atoms with Crippen LogP contribution in [0.15, 0.2) is 42.5 Å². The zero-order valence-electron chi connectivity index (χ0n) is 16.6. The number of anilines is 2. The molecule has 0 aliphatic carbocycles. The standard InChI is InChI=1S/C21H21N3O6/c1-13-6-7-14(2)18(8-13)23-11-15(9-20(23)26)21(27)30-12-19(25)22-16-4-3-5-17(10-16)24(28)29/h3-8,10,15H,9,11-12H2,1-2H3,(H,22,25)/t15-/m0/s1. The molecule has 2 aromatic rings. The molecule has 0 bridgehead atoms. The Morgan fingerprint density at radius 3 is 2.73 bits per heavy atom. The summed E-state index contributed by atoms with van der Waals surface area (Å²) in [5.41, 5.74) is 2.76. The summed E-state index contributed by atoms with van der Waals surface area (Å²) in [7, 11) is 0. The van der Waals surface area contributed by atoms with Crippen molar-refractivity contribution < 1.29 is 24.0 Å². The third-order valence-electron chi connectivity index (χ3n) is 4.80. The predicted molar refractivity (Wildman–Crippen MR) is 109 cm³/mol. The normalized spacial score (nSPS) is 15.7. The van der Waals surface area contributed by atoms with Crippen LogP contribution in [0.3, 0.4) is 0 Å². The molecule has 0 saturated carbocycles. The van der Waals surface area contributed by atoms with Crippen LogP contribution in [0.25, 0.3) is 0 Å². The van der Waals surface area contributed by atoms with Crippen LogP contribution in [0.5, 0.6) is 0 Å². The van der Waals surface area contributed by atoms with Gasteiger partial charge in [0.1, 0.15) is 0 Å². The van der Waals surface area contributed by atoms with Gasteiger partial charge in [-0.15, -0.1) is 0 Å². The minimum absolute atomic E-state index is 0.0126. The zero-order chi connectivity index (χ0) is 21.8. The highest BCUT2D eigenvalue weighted by atomic mass is 16.6. The van der Waals surface area contributed by atoms with Gasteiger partial charge >= 0.3 is 5.97 Å². The van der Waals surface area contributed by atoms with E-state index in [-0.39, 0.29) is 30.2 Å². The number of amides is 2. The van der Waals surface area contributed by atoms with Gasteiger partial charge in [0.25, 0.3) is 11.6 Å². The lowest BCUT2D eigenvalue weighted by Gasteiger charge is -2.19. The first-order valence-electron chi connectivity index (χ1n) is 9.33. The molecule has 156 valence electrons. The van der Waals surface area contributed by atoms with Crippen LogP contribution in [-0.4, -0.2) is 35.9 Å². The number of nitrogens with zero attached hydrogens (tertiary/aromatic N) is 2. The minimum Gasteiger partial charge on any atom is -0.455 e. The number of rotatable bonds is 6. The number of ether oxygens (including phenoxy) is 1. The van der Waals surface area contributed by atoms with Crippen molar-refractivity contribution in [1.29, 1.82) is 0 Å². The zero-order valence-corrected chi connectivity index (χ0v) is 16.6. The molecular formula is C21H21N3O6. The highest BCUT2D eigenvalue weighted by Gasteiger charge is 2.36. The van der Waals surface area contributed by atoms with Crippen LogP contribution in [-0.2, 0) is 19.1 Å². The predicted octanol–water partition coefficient (Wildman–Crippen LogP) is 2.75. The van der Waals surface area contributed by atoms with E-state index in [0.29, 0.717) is 0 Å². The van der Waals surface area contributed by atoms with Gasteiger partial charge in [0.2, 0.25) is 5.91 Å². The monoisotopic (exact) mass is 411 g/mol. The molecule has 9 nitrogen and oxygen atoms in total. The average Bonchev–Trinajstić information content (AvgIpc) is 3.09. The van der Waals surface area contributed by atoms with E-state index < -0.39 is 29.3 Å². The van der Waals surface area contributed by atoms with Crippen LogP contribution in [0.2, 0.25) is 0 Å².